The molecule has 0 aliphatic carbocycles. The van der Waals surface area contributed by atoms with Gasteiger partial charge in [-0.1, -0.05) is 121 Å². The van der Waals surface area contributed by atoms with E-state index in [2.05, 4.69) is 68.3 Å². The second-order valence-corrected chi connectivity index (χ2v) is 13.6. The Bertz CT molecular complexity index is 1730. The van der Waals surface area contributed by atoms with Gasteiger partial charge in [0.2, 0.25) is 0 Å². The van der Waals surface area contributed by atoms with Crippen molar-refractivity contribution >= 4 is 83.5 Å². The first-order chi connectivity index (χ1) is 26.9. The van der Waals surface area contributed by atoms with Gasteiger partial charge in [-0.15, -0.1) is 11.1 Å². The van der Waals surface area contributed by atoms with Gasteiger partial charge in [-0.3, -0.25) is 0 Å². The molecule has 0 amide bonds. The van der Waals surface area contributed by atoms with Gasteiger partial charge in [0, 0.05) is 13.1 Å². The Kier molecular flexibility index (Phi) is 18.9. The third kappa shape index (κ3) is 14.2. The maximum atomic E-state index is 6.35. The quantitative estimate of drug-likeness (QED) is 0.170. The van der Waals surface area contributed by atoms with Crippen LogP contribution in [0.5, 0.6) is 0 Å². The molecule has 8 rings (SSSR count). The number of rotatable bonds is 8. The van der Waals surface area contributed by atoms with Gasteiger partial charge in [0.25, 0.3) is 0 Å². The van der Waals surface area contributed by atoms with E-state index in [0.29, 0.717) is 0 Å². The second-order valence-electron chi connectivity index (χ2n) is 13.6. The average Bonchev–Trinajstić information content (AvgIpc) is 3.22. The standard InChI is InChI=1S/C24H20B5O6.C12H19N2.C6H5.Bi.H2O/c1-5-13-21(14-6-1)25-30-26(22-15-7-2-8-16-22)33-29(32-25)34-27(23-17-9-3-10-18-23)31-28(35-29)24-19-11-4-12-20-24;1-13(2)9-11-6-5-7-12(8-11)10-14(3)4;1-2-4-6-5-3-1;;/h1-20H;5-7H,9-10H2,1-4H3;1-5H;;1H2/q3*-1;+3;. The van der Waals surface area contributed by atoms with E-state index in [1.165, 1.54) is 11.1 Å². The van der Waals surface area contributed by atoms with E-state index in [1.807, 2.05) is 152 Å². The van der Waals surface area contributed by atoms with Gasteiger partial charge >= 0.3 is 61.6 Å². The maximum Gasteiger partial charge on any atom is 3.00 e. The molecular formula is C42H46B5BiN2O7. The summed E-state index contributed by atoms with van der Waals surface area (Å²) < 4.78 is 37.9. The summed E-state index contributed by atoms with van der Waals surface area (Å²) in [6, 6.07) is 61.0. The summed E-state index contributed by atoms with van der Waals surface area (Å²) in [5.74, 6) is 0. The summed E-state index contributed by atoms with van der Waals surface area (Å²) in [7, 11) is 5.20. The van der Waals surface area contributed by atoms with Gasteiger partial charge in [-0.2, -0.15) is 60.7 Å². The largest absolute Gasteiger partial charge is 3.00 e. The molecule has 6 aromatic rings. The summed E-state index contributed by atoms with van der Waals surface area (Å²) >= 11 is 0. The molecule has 0 saturated carbocycles. The van der Waals surface area contributed by atoms with Gasteiger partial charge in [0.1, 0.15) is 0 Å². The number of hydrogen-bond acceptors (Lipinski definition) is 8. The van der Waals surface area contributed by atoms with Gasteiger partial charge in [0.15, 0.2) is 0 Å². The molecule has 2 fully saturated rings. The Balaban J connectivity index is 0.000000271. The first kappa shape index (κ1) is 45.9. The van der Waals surface area contributed by atoms with E-state index >= 15 is 0 Å². The topological polar surface area (TPSA) is 93.4 Å². The van der Waals surface area contributed by atoms with Crippen molar-refractivity contribution in [2.24, 2.45) is 0 Å². The van der Waals surface area contributed by atoms with Crippen LogP contribution in [0, 0.1) is 12.1 Å². The van der Waals surface area contributed by atoms with E-state index in [0.717, 1.165) is 34.9 Å². The SMILES string of the molecule is CN(C)Cc1[c-]c(CN(C)C)ccc1.O.[Bi+3].[c-]1ccccc1.c1ccc(B2OB(c3ccccc3)O[B-]3(O2)OB(c2ccccc2)OB(c2ccccc2)O3)cc1. The van der Waals surface area contributed by atoms with Crippen molar-refractivity contribution in [3.63, 3.8) is 0 Å². The molecule has 2 radical (unpaired) electrons. The fourth-order valence-corrected chi connectivity index (χ4v) is 6.00. The average molecular weight is 954 g/mol. The van der Waals surface area contributed by atoms with Crippen molar-refractivity contribution in [3.05, 3.63) is 193 Å². The van der Waals surface area contributed by atoms with Crippen LogP contribution >= 0.6 is 0 Å². The zero-order chi connectivity index (χ0) is 38.3. The van der Waals surface area contributed by atoms with Gasteiger partial charge in [-0.25, -0.2) is 0 Å². The van der Waals surface area contributed by atoms with Crippen LogP contribution in [0.4, 0.5) is 0 Å². The zero-order valence-electron chi connectivity index (χ0n) is 32.8. The third-order valence-corrected chi connectivity index (χ3v) is 8.44. The van der Waals surface area contributed by atoms with Crippen LogP contribution in [0.1, 0.15) is 11.1 Å². The molecule has 286 valence electrons. The molecule has 57 heavy (non-hydrogen) atoms. The fourth-order valence-electron chi connectivity index (χ4n) is 6.00. The minimum Gasteiger partial charge on any atom is -0.561 e. The van der Waals surface area contributed by atoms with Crippen molar-refractivity contribution in [3.8, 4) is 0 Å². The van der Waals surface area contributed by atoms with Crippen LogP contribution in [0.25, 0.3) is 0 Å². The molecule has 9 nitrogen and oxygen atoms in total. The molecule has 0 aromatic heterocycles. The summed E-state index contributed by atoms with van der Waals surface area (Å²) in [5, 5.41) is 0. The Morgan fingerprint density at radius 1 is 0.439 bits per heavy atom. The van der Waals surface area contributed by atoms with Crippen LogP contribution < -0.4 is 21.9 Å². The van der Waals surface area contributed by atoms with Gasteiger partial charge in [-0.05, 0) is 50.0 Å². The number of benzene rings is 6. The zero-order valence-corrected chi connectivity index (χ0v) is 36.2. The van der Waals surface area contributed by atoms with Crippen LogP contribution in [0.3, 0.4) is 0 Å². The van der Waals surface area contributed by atoms with Crippen molar-refractivity contribution in [1.82, 2.24) is 9.80 Å². The monoisotopic (exact) mass is 954 g/mol. The first-order valence-electron chi connectivity index (χ1n) is 18.4. The Morgan fingerprint density at radius 3 is 0.982 bits per heavy atom. The van der Waals surface area contributed by atoms with E-state index < -0.39 is 35.4 Å². The molecule has 2 saturated heterocycles. The van der Waals surface area contributed by atoms with E-state index in [9.17, 15) is 0 Å². The molecule has 15 heteroatoms. The number of nitrogens with zero attached hydrogens (tertiary/aromatic N) is 2. The fraction of sp³-hybridized carbons (Fsp3) is 0.143. The van der Waals surface area contributed by atoms with Crippen LogP contribution in [-0.2, 0) is 40.5 Å². The smallest absolute Gasteiger partial charge is 0.561 e. The minimum absolute atomic E-state index is 0. The molecule has 2 heterocycles. The van der Waals surface area contributed by atoms with E-state index in [4.69, 9.17) is 27.4 Å². The normalized spacial score (nSPS) is 14.4. The molecule has 0 atom stereocenters. The summed E-state index contributed by atoms with van der Waals surface area (Å²) in [5.41, 5.74) is 5.81. The summed E-state index contributed by atoms with van der Waals surface area (Å²) in [6.45, 7) is -0.832. The molecule has 0 unspecified atom stereocenters. The van der Waals surface area contributed by atoms with Crippen molar-refractivity contribution in [1.29, 1.82) is 0 Å². The second kappa shape index (κ2) is 23.5. The van der Waals surface area contributed by atoms with Crippen LogP contribution in [0.2, 0.25) is 0 Å². The predicted octanol–water partition coefficient (Wildman–Crippen LogP) is 3.02. The molecule has 0 bridgehead atoms. The van der Waals surface area contributed by atoms with Crippen LogP contribution in [0.15, 0.2) is 170 Å². The molecule has 2 aliphatic rings. The molecule has 2 aliphatic heterocycles. The first-order valence-corrected chi connectivity index (χ1v) is 18.4. The maximum absolute atomic E-state index is 6.35. The molecule has 6 aromatic carbocycles. The Labute approximate surface area is 358 Å². The van der Waals surface area contributed by atoms with Gasteiger partial charge < -0.3 is 42.7 Å². The minimum atomic E-state index is -2.75. The number of hydrogen-bond donors (Lipinski definition) is 0. The van der Waals surface area contributed by atoms with E-state index in [-0.39, 0.29) is 31.7 Å². The van der Waals surface area contributed by atoms with Crippen molar-refractivity contribution in [2.45, 2.75) is 13.1 Å². The Morgan fingerprint density at radius 2 is 0.737 bits per heavy atom. The summed E-state index contributed by atoms with van der Waals surface area (Å²) in [4.78, 5) is 4.32. The van der Waals surface area contributed by atoms with Crippen molar-refractivity contribution < 1.29 is 32.9 Å². The third-order valence-electron chi connectivity index (χ3n) is 8.44. The molecule has 1 spiro atoms. The predicted molar refractivity (Wildman–Crippen MR) is 234 cm³/mol. The van der Waals surface area contributed by atoms with Crippen LogP contribution in [-0.4, -0.2) is 105 Å². The van der Waals surface area contributed by atoms with Gasteiger partial charge in [0.05, 0.1) is 0 Å². The molecule has 2 N–H and O–H groups in total. The van der Waals surface area contributed by atoms with Crippen molar-refractivity contribution in [2.75, 3.05) is 28.2 Å². The molecular weight excluding hydrogens is 908 g/mol. The Hall–Kier alpha value is -3.83. The summed E-state index contributed by atoms with van der Waals surface area (Å²) in [6.07, 6.45) is 0. The van der Waals surface area contributed by atoms with E-state index in [1.54, 1.807) is 0 Å².